The highest BCUT2D eigenvalue weighted by Crippen LogP contribution is 2.35. The number of fused-ring (bicyclic) bond motifs is 1. The predicted octanol–water partition coefficient (Wildman–Crippen LogP) is 2.00. The van der Waals surface area contributed by atoms with Gasteiger partial charge in [0.05, 0.1) is 6.10 Å². The van der Waals surface area contributed by atoms with Crippen molar-refractivity contribution in [2.75, 3.05) is 26.2 Å². The number of rotatable bonds is 6. The number of hydrogen-bond donors (Lipinski definition) is 2. The van der Waals surface area contributed by atoms with Gasteiger partial charge in [-0.3, -0.25) is 4.90 Å². The molecule has 0 aromatic carbocycles. The van der Waals surface area contributed by atoms with Gasteiger partial charge in [-0.1, -0.05) is 19.8 Å². The summed E-state index contributed by atoms with van der Waals surface area (Å²) in [6, 6.07) is 0.772. The van der Waals surface area contributed by atoms with Crippen LogP contribution >= 0.6 is 0 Å². The fourth-order valence-corrected chi connectivity index (χ4v) is 3.74. The second-order valence-corrected chi connectivity index (χ2v) is 6.11. The van der Waals surface area contributed by atoms with Crippen molar-refractivity contribution >= 4 is 0 Å². The van der Waals surface area contributed by atoms with E-state index in [-0.39, 0.29) is 6.10 Å². The maximum Gasteiger partial charge on any atom is 0.0791 e. The van der Waals surface area contributed by atoms with Crippen LogP contribution < -0.4 is 5.32 Å². The third kappa shape index (κ3) is 3.94. The van der Waals surface area contributed by atoms with Crippen LogP contribution in [0, 0.1) is 5.92 Å². The highest BCUT2D eigenvalue weighted by atomic mass is 16.3. The van der Waals surface area contributed by atoms with E-state index >= 15 is 0 Å². The molecule has 0 aromatic heterocycles. The Labute approximate surface area is 112 Å². The van der Waals surface area contributed by atoms with E-state index in [4.69, 9.17) is 0 Å². The summed E-state index contributed by atoms with van der Waals surface area (Å²) in [5.74, 6) is 0.920. The summed E-state index contributed by atoms with van der Waals surface area (Å²) in [5.41, 5.74) is 0. The van der Waals surface area contributed by atoms with Crippen LogP contribution in [0.3, 0.4) is 0 Å². The topological polar surface area (TPSA) is 35.5 Å². The number of nitrogens with one attached hydrogen (secondary N) is 1. The second kappa shape index (κ2) is 7.46. The number of likely N-dealkylation sites (tertiary alicyclic amines) is 1. The van der Waals surface area contributed by atoms with Crippen molar-refractivity contribution < 1.29 is 5.11 Å². The minimum Gasteiger partial charge on any atom is -0.390 e. The number of hydrogen-bond acceptors (Lipinski definition) is 3. The summed E-state index contributed by atoms with van der Waals surface area (Å²) in [6.45, 7) is 6.01. The Morgan fingerprint density at radius 3 is 2.83 bits per heavy atom. The minimum atomic E-state index is -0.197. The van der Waals surface area contributed by atoms with E-state index in [0.717, 1.165) is 38.0 Å². The molecule has 3 heteroatoms. The summed E-state index contributed by atoms with van der Waals surface area (Å²) in [7, 11) is 0. The largest absolute Gasteiger partial charge is 0.390 e. The highest BCUT2D eigenvalue weighted by Gasteiger charge is 2.33. The summed E-state index contributed by atoms with van der Waals surface area (Å²) < 4.78 is 0. The van der Waals surface area contributed by atoms with Crippen LogP contribution in [0.2, 0.25) is 0 Å². The number of piperidine rings is 1. The van der Waals surface area contributed by atoms with Crippen LogP contribution in [-0.2, 0) is 0 Å². The molecule has 0 bridgehead atoms. The molecule has 1 saturated heterocycles. The van der Waals surface area contributed by atoms with Gasteiger partial charge in [0.25, 0.3) is 0 Å². The van der Waals surface area contributed by atoms with E-state index in [9.17, 15) is 5.11 Å². The minimum absolute atomic E-state index is 0.197. The first kappa shape index (κ1) is 14.3. The first-order chi connectivity index (χ1) is 8.81. The lowest BCUT2D eigenvalue weighted by Crippen LogP contribution is -2.50. The third-order valence-corrected chi connectivity index (χ3v) is 4.61. The molecule has 3 atom stereocenters. The van der Waals surface area contributed by atoms with E-state index in [1.807, 2.05) is 0 Å². The predicted molar refractivity (Wildman–Crippen MR) is 75.7 cm³/mol. The molecule has 1 aliphatic carbocycles. The molecule has 3 nitrogen and oxygen atoms in total. The second-order valence-electron chi connectivity index (χ2n) is 6.11. The van der Waals surface area contributed by atoms with E-state index in [1.54, 1.807) is 0 Å². The molecule has 18 heavy (non-hydrogen) atoms. The molecule has 2 rings (SSSR count). The van der Waals surface area contributed by atoms with Crippen LogP contribution in [0.1, 0.15) is 51.9 Å². The van der Waals surface area contributed by atoms with Gasteiger partial charge < -0.3 is 10.4 Å². The van der Waals surface area contributed by atoms with Crippen LogP contribution in [0.15, 0.2) is 0 Å². The first-order valence-electron chi connectivity index (χ1n) is 7.94. The number of β-amino-alcohol motifs (C(OH)–C–C–N with tert-alkyl or cyclic N) is 1. The summed E-state index contributed by atoms with van der Waals surface area (Å²) >= 11 is 0. The molecule has 0 amide bonds. The number of nitrogens with zero attached hydrogens (tertiary/aromatic N) is 1. The molecule has 2 fully saturated rings. The SMILES string of the molecule is CCCNCC(O)CN1CCCC2CCCCC21. The van der Waals surface area contributed by atoms with Crippen LogP contribution in [0.5, 0.6) is 0 Å². The Hall–Kier alpha value is -0.120. The molecule has 2 aliphatic rings. The number of aliphatic hydroxyl groups is 1. The molecule has 3 unspecified atom stereocenters. The fourth-order valence-electron chi connectivity index (χ4n) is 3.74. The van der Waals surface area contributed by atoms with Gasteiger partial charge in [0.15, 0.2) is 0 Å². The quantitative estimate of drug-likeness (QED) is 0.712. The molecule has 0 aromatic rings. The van der Waals surface area contributed by atoms with Gasteiger partial charge in [0.2, 0.25) is 0 Å². The Morgan fingerprint density at radius 1 is 1.22 bits per heavy atom. The maximum absolute atomic E-state index is 10.1. The molecule has 1 heterocycles. The van der Waals surface area contributed by atoms with Gasteiger partial charge in [0, 0.05) is 19.1 Å². The summed E-state index contributed by atoms with van der Waals surface area (Å²) in [4.78, 5) is 2.58. The maximum atomic E-state index is 10.1. The third-order valence-electron chi connectivity index (χ3n) is 4.61. The lowest BCUT2D eigenvalue weighted by Gasteiger charge is -2.44. The van der Waals surface area contributed by atoms with E-state index < -0.39 is 0 Å². The van der Waals surface area contributed by atoms with Gasteiger partial charge in [0.1, 0.15) is 0 Å². The normalized spacial score (nSPS) is 31.0. The Kier molecular flexibility index (Phi) is 5.93. The molecule has 2 N–H and O–H groups in total. The zero-order chi connectivity index (χ0) is 12.8. The monoisotopic (exact) mass is 254 g/mol. The number of aliphatic hydroxyl groups excluding tert-OH is 1. The zero-order valence-corrected chi connectivity index (χ0v) is 11.9. The average molecular weight is 254 g/mol. The molecular formula is C15H30N2O. The van der Waals surface area contributed by atoms with Gasteiger partial charge in [-0.05, 0) is 51.1 Å². The van der Waals surface area contributed by atoms with Crippen molar-refractivity contribution in [3.05, 3.63) is 0 Å². The van der Waals surface area contributed by atoms with Crippen molar-refractivity contribution in [1.82, 2.24) is 10.2 Å². The molecule has 106 valence electrons. The fraction of sp³-hybridized carbons (Fsp3) is 1.00. The Morgan fingerprint density at radius 2 is 2.00 bits per heavy atom. The zero-order valence-electron chi connectivity index (χ0n) is 11.9. The van der Waals surface area contributed by atoms with Crippen molar-refractivity contribution in [2.24, 2.45) is 5.92 Å². The van der Waals surface area contributed by atoms with E-state index in [1.165, 1.54) is 45.1 Å². The molecular weight excluding hydrogens is 224 g/mol. The summed E-state index contributed by atoms with van der Waals surface area (Å²) in [5, 5.41) is 13.4. The average Bonchev–Trinajstić information content (AvgIpc) is 2.39. The van der Waals surface area contributed by atoms with Crippen molar-refractivity contribution in [3.63, 3.8) is 0 Å². The van der Waals surface area contributed by atoms with Gasteiger partial charge >= 0.3 is 0 Å². The van der Waals surface area contributed by atoms with Gasteiger partial charge in [-0.15, -0.1) is 0 Å². The lowest BCUT2D eigenvalue weighted by atomic mass is 9.78. The molecule has 0 radical (unpaired) electrons. The van der Waals surface area contributed by atoms with Gasteiger partial charge in [-0.25, -0.2) is 0 Å². The highest BCUT2D eigenvalue weighted by molar-refractivity contribution is 4.88. The Bertz CT molecular complexity index is 233. The van der Waals surface area contributed by atoms with Crippen LogP contribution in [0.4, 0.5) is 0 Å². The van der Waals surface area contributed by atoms with Gasteiger partial charge in [-0.2, -0.15) is 0 Å². The van der Waals surface area contributed by atoms with Crippen molar-refractivity contribution in [1.29, 1.82) is 0 Å². The van der Waals surface area contributed by atoms with Crippen molar-refractivity contribution in [2.45, 2.75) is 64.0 Å². The molecule has 0 spiro atoms. The van der Waals surface area contributed by atoms with Crippen LogP contribution in [-0.4, -0.2) is 48.3 Å². The summed E-state index contributed by atoms with van der Waals surface area (Å²) in [6.07, 6.45) is 9.29. The lowest BCUT2D eigenvalue weighted by molar-refractivity contribution is 0.0214. The smallest absolute Gasteiger partial charge is 0.0791 e. The standard InChI is InChI=1S/C15H30N2O/c1-2-9-16-11-14(18)12-17-10-5-7-13-6-3-4-8-15(13)17/h13-16,18H,2-12H2,1H3. The Balaban J connectivity index is 1.76. The van der Waals surface area contributed by atoms with Crippen LogP contribution in [0.25, 0.3) is 0 Å². The van der Waals surface area contributed by atoms with E-state index in [0.29, 0.717) is 0 Å². The molecule has 1 aliphatic heterocycles. The first-order valence-corrected chi connectivity index (χ1v) is 7.94. The van der Waals surface area contributed by atoms with Crippen molar-refractivity contribution in [3.8, 4) is 0 Å². The molecule has 1 saturated carbocycles. The van der Waals surface area contributed by atoms with E-state index in [2.05, 4.69) is 17.1 Å².